The Balaban J connectivity index is 1.75. The lowest BCUT2D eigenvalue weighted by atomic mass is 10.2. The van der Waals surface area contributed by atoms with Gasteiger partial charge in [-0.1, -0.05) is 23.7 Å². The molecule has 0 saturated heterocycles. The average Bonchev–Trinajstić information content (AvgIpc) is 3.21. The van der Waals surface area contributed by atoms with Crippen molar-refractivity contribution in [3.8, 4) is 22.6 Å². The van der Waals surface area contributed by atoms with Crippen molar-refractivity contribution in [2.45, 2.75) is 6.61 Å². The molecule has 0 aliphatic carbocycles. The number of halogens is 1. The molecule has 3 aromatic heterocycles. The lowest BCUT2D eigenvalue weighted by molar-refractivity contribution is 0.280. The van der Waals surface area contributed by atoms with Gasteiger partial charge in [-0.3, -0.25) is 0 Å². The molecule has 0 saturated carbocycles. The molecule has 4 nitrogen and oxygen atoms in total. The van der Waals surface area contributed by atoms with Gasteiger partial charge in [-0.2, -0.15) is 0 Å². The Morgan fingerprint density at radius 1 is 1.04 bits per heavy atom. The summed E-state index contributed by atoms with van der Waals surface area (Å²) >= 11 is 5.93. The second-order valence-electron chi connectivity index (χ2n) is 5.29. The summed E-state index contributed by atoms with van der Waals surface area (Å²) in [6.45, 7) is -0.0302. The van der Waals surface area contributed by atoms with Crippen molar-refractivity contribution in [1.29, 1.82) is 0 Å². The molecule has 3 heterocycles. The summed E-state index contributed by atoms with van der Waals surface area (Å²) in [4.78, 5) is 4.62. The molecule has 23 heavy (non-hydrogen) atoms. The predicted octanol–water partition coefficient (Wildman–Crippen LogP) is 4.41. The molecule has 0 unspecified atom stereocenters. The maximum Gasteiger partial charge on any atom is 0.137 e. The van der Waals surface area contributed by atoms with Gasteiger partial charge in [0.2, 0.25) is 0 Å². The number of benzene rings is 1. The van der Waals surface area contributed by atoms with E-state index < -0.39 is 0 Å². The predicted molar refractivity (Wildman–Crippen MR) is 89.3 cm³/mol. The Labute approximate surface area is 137 Å². The van der Waals surface area contributed by atoms with E-state index in [1.54, 1.807) is 6.26 Å². The van der Waals surface area contributed by atoms with Crippen molar-refractivity contribution < 1.29 is 9.52 Å². The lowest BCUT2D eigenvalue weighted by Crippen LogP contribution is -1.84. The first-order chi connectivity index (χ1) is 11.2. The Hall–Kier alpha value is -2.56. The van der Waals surface area contributed by atoms with Crippen molar-refractivity contribution in [1.82, 2.24) is 9.38 Å². The second-order valence-corrected chi connectivity index (χ2v) is 5.73. The van der Waals surface area contributed by atoms with Gasteiger partial charge in [-0.15, -0.1) is 0 Å². The van der Waals surface area contributed by atoms with E-state index in [1.165, 1.54) is 0 Å². The van der Waals surface area contributed by atoms with E-state index in [-0.39, 0.29) is 6.61 Å². The number of hydrogen-bond donors (Lipinski definition) is 1. The minimum atomic E-state index is -0.0302. The van der Waals surface area contributed by atoms with Gasteiger partial charge in [-0.05, 0) is 30.3 Å². The van der Waals surface area contributed by atoms with E-state index in [2.05, 4.69) is 4.98 Å². The van der Waals surface area contributed by atoms with Gasteiger partial charge in [-0.25, -0.2) is 4.98 Å². The van der Waals surface area contributed by atoms with Crippen molar-refractivity contribution in [2.75, 3.05) is 0 Å². The highest BCUT2D eigenvalue weighted by molar-refractivity contribution is 6.30. The number of aliphatic hydroxyl groups excluding tert-OH is 1. The highest BCUT2D eigenvalue weighted by Crippen LogP contribution is 2.25. The molecular formula is C18H13ClN2O2. The monoisotopic (exact) mass is 324 g/mol. The molecular weight excluding hydrogens is 312 g/mol. The third-order valence-electron chi connectivity index (χ3n) is 3.71. The van der Waals surface area contributed by atoms with Crippen molar-refractivity contribution in [3.05, 3.63) is 71.7 Å². The molecule has 4 rings (SSSR count). The molecule has 5 heteroatoms. The number of aromatic nitrogens is 2. The van der Waals surface area contributed by atoms with E-state index >= 15 is 0 Å². The summed E-state index contributed by atoms with van der Waals surface area (Å²) in [6, 6.07) is 13.3. The molecule has 4 aromatic rings. The highest BCUT2D eigenvalue weighted by Gasteiger charge is 2.08. The van der Waals surface area contributed by atoms with Crippen LogP contribution in [0.2, 0.25) is 5.02 Å². The van der Waals surface area contributed by atoms with Crippen LogP contribution in [0, 0.1) is 0 Å². The van der Waals surface area contributed by atoms with Gasteiger partial charge in [0.15, 0.2) is 0 Å². The number of nitrogens with zero attached hydrogens (tertiary/aromatic N) is 2. The molecule has 0 aliphatic rings. The third-order valence-corrected chi connectivity index (χ3v) is 3.96. The number of furan rings is 1. The Bertz CT molecular complexity index is 970. The largest absolute Gasteiger partial charge is 0.464 e. The average molecular weight is 325 g/mol. The van der Waals surface area contributed by atoms with Gasteiger partial charge >= 0.3 is 0 Å². The molecule has 0 aliphatic heterocycles. The molecule has 0 bridgehead atoms. The van der Waals surface area contributed by atoms with Gasteiger partial charge < -0.3 is 13.9 Å². The maximum absolute atomic E-state index is 9.13. The van der Waals surface area contributed by atoms with E-state index in [4.69, 9.17) is 21.1 Å². The summed E-state index contributed by atoms with van der Waals surface area (Å²) in [5.41, 5.74) is 4.44. The minimum absolute atomic E-state index is 0.0302. The first kappa shape index (κ1) is 14.1. The van der Waals surface area contributed by atoms with E-state index in [0.717, 1.165) is 33.8 Å². The van der Waals surface area contributed by atoms with E-state index in [0.29, 0.717) is 5.02 Å². The molecule has 114 valence electrons. The second kappa shape index (κ2) is 5.57. The summed E-state index contributed by atoms with van der Waals surface area (Å²) in [5.74, 6) is 0.720. The first-order valence-corrected chi connectivity index (χ1v) is 7.54. The fourth-order valence-electron chi connectivity index (χ4n) is 2.51. The third kappa shape index (κ3) is 2.63. The SMILES string of the molecule is OCc1coc(-c2ccc3nc(-c4ccc(Cl)cc4)cn3c2)c1. The Morgan fingerprint density at radius 3 is 2.57 bits per heavy atom. The van der Waals surface area contributed by atoms with Crippen LogP contribution in [-0.4, -0.2) is 14.5 Å². The van der Waals surface area contributed by atoms with Gasteiger partial charge in [0.05, 0.1) is 18.6 Å². The zero-order chi connectivity index (χ0) is 15.8. The van der Waals surface area contributed by atoms with Crippen LogP contribution in [-0.2, 0) is 6.61 Å². The quantitative estimate of drug-likeness (QED) is 0.607. The van der Waals surface area contributed by atoms with Crippen LogP contribution in [0.25, 0.3) is 28.2 Å². The molecule has 1 aromatic carbocycles. The van der Waals surface area contributed by atoms with Crippen LogP contribution in [0.15, 0.2) is 65.5 Å². The topological polar surface area (TPSA) is 50.7 Å². The molecule has 0 amide bonds. The molecule has 0 fully saturated rings. The van der Waals surface area contributed by atoms with Crippen LogP contribution in [0.1, 0.15) is 5.56 Å². The highest BCUT2D eigenvalue weighted by atomic mass is 35.5. The molecule has 0 radical (unpaired) electrons. The van der Waals surface area contributed by atoms with Gasteiger partial charge in [0.1, 0.15) is 11.4 Å². The standard InChI is InChI=1S/C18H13ClN2O2/c19-15-4-1-13(2-5-15)16-9-21-8-14(3-6-18(21)20-16)17-7-12(10-22)11-23-17/h1-9,11,22H,10H2. The summed E-state index contributed by atoms with van der Waals surface area (Å²) in [6.07, 6.45) is 5.49. The molecule has 0 atom stereocenters. The Kier molecular flexibility index (Phi) is 3.41. The van der Waals surface area contributed by atoms with E-state index in [1.807, 2.05) is 59.3 Å². The van der Waals surface area contributed by atoms with Crippen LogP contribution in [0.5, 0.6) is 0 Å². The number of pyridine rings is 1. The number of fused-ring (bicyclic) bond motifs is 1. The van der Waals surface area contributed by atoms with Crippen LogP contribution in [0.4, 0.5) is 0 Å². The molecule has 0 spiro atoms. The van der Waals surface area contributed by atoms with Crippen molar-refractivity contribution >= 4 is 17.2 Å². The van der Waals surface area contributed by atoms with Crippen molar-refractivity contribution in [3.63, 3.8) is 0 Å². The van der Waals surface area contributed by atoms with Gasteiger partial charge in [0.25, 0.3) is 0 Å². The summed E-state index contributed by atoms with van der Waals surface area (Å²) < 4.78 is 7.45. The van der Waals surface area contributed by atoms with Crippen LogP contribution >= 0.6 is 11.6 Å². The number of imidazole rings is 1. The zero-order valence-corrected chi connectivity index (χ0v) is 12.9. The first-order valence-electron chi connectivity index (χ1n) is 7.16. The normalized spacial score (nSPS) is 11.2. The number of rotatable bonds is 3. The van der Waals surface area contributed by atoms with E-state index in [9.17, 15) is 0 Å². The summed E-state index contributed by atoms with van der Waals surface area (Å²) in [5, 5.41) is 9.84. The number of hydrogen-bond acceptors (Lipinski definition) is 3. The van der Waals surface area contributed by atoms with Crippen LogP contribution < -0.4 is 0 Å². The number of aliphatic hydroxyl groups is 1. The lowest BCUT2D eigenvalue weighted by Gasteiger charge is -1.98. The zero-order valence-electron chi connectivity index (χ0n) is 12.1. The molecule has 1 N–H and O–H groups in total. The van der Waals surface area contributed by atoms with Crippen molar-refractivity contribution in [2.24, 2.45) is 0 Å². The van der Waals surface area contributed by atoms with Gasteiger partial charge in [0, 0.05) is 34.1 Å². The summed E-state index contributed by atoms with van der Waals surface area (Å²) in [7, 11) is 0. The smallest absolute Gasteiger partial charge is 0.137 e. The fraction of sp³-hybridized carbons (Fsp3) is 0.0556. The fourth-order valence-corrected chi connectivity index (χ4v) is 2.63. The van der Waals surface area contributed by atoms with Crippen LogP contribution in [0.3, 0.4) is 0 Å². The Morgan fingerprint density at radius 2 is 1.83 bits per heavy atom. The minimum Gasteiger partial charge on any atom is -0.464 e. The maximum atomic E-state index is 9.13.